The maximum atomic E-state index is 14.7. The molecule has 0 radical (unpaired) electrons. The average Bonchev–Trinajstić information content (AvgIpc) is 0.824. The molecule has 21 nitrogen and oxygen atoms in total. The van der Waals surface area contributed by atoms with E-state index in [1.165, 1.54) is 326 Å². The van der Waals surface area contributed by atoms with Gasteiger partial charge in [-0.15, -0.1) is 0 Å². The van der Waals surface area contributed by atoms with Crippen LogP contribution in [0.2, 0.25) is 0 Å². The molecule has 0 saturated heterocycles. The number of rotatable bonds is 108. The van der Waals surface area contributed by atoms with Crippen molar-refractivity contribution in [1.82, 2.24) is 30.7 Å². The molecule has 804 valence electrons. The summed E-state index contributed by atoms with van der Waals surface area (Å²) < 4.78 is 34.2. The summed E-state index contributed by atoms with van der Waals surface area (Å²) >= 11 is 0. The fourth-order valence-electron chi connectivity index (χ4n) is 14.9. The van der Waals surface area contributed by atoms with E-state index in [9.17, 15) is 43.2 Å². The molecule has 0 aromatic heterocycles. The number of hydrogen-bond donors (Lipinski definition) is 3. The van der Waals surface area contributed by atoms with E-state index < -0.39 is 17.7 Å². The maximum Gasteiger partial charge on any atom is 0.307 e. The molecular formula is C105H192N6O15S12. The van der Waals surface area contributed by atoms with Crippen LogP contribution in [0.3, 0.4) is 0 Å². The van der Waals surface area contributed by atoms with Gasteiger partial charge < -0.3 is 59.1 Å². The van der Waals surface area contributed by atoms with Gasteiger partial charge in [0.1, 0.15) is 39.6 Å². The van der Waals surface area contributed by atoms with Gasteiger partial charge in [-0.25, -0.2) is 0 Å². The number of nitrogens with zero attached hydrogens (tertiary/aromatic N) is 3. The van der Waals surface area contributed by atoms with Crippen LogP contribution in [-0.4, -0.2) is 255 Å². The molecule has 0 saturated carbocycles. The van der Waals surface area contributed by atoms with Crippen LogP contribution < -0.4 is 16.0 Å². The van der Waals surface area contributed by atoms with Gasteiger partial charge in [0.25, 0.3) is 17.7 Å². The second-order valence-corrected chi connectivity index (χ2v) is 51.8. The second-order valence-electron chi connectivity index (χ2n) is 35.6. The topological polar surface area (TPSA) is 255 Å². The van der Waals surface area contributed by atoms with E-state index in [4.69, 9.17) is 28.4 Å². The summed E-state index contributed by atoms with van der Waals surface area (Å²) in [7, 11) is 21.1. The summed E-state index contributed by atoms with van der Waals surface area (Å²) in [5, 5.41) is 8.97. The van der Waals surface area contributed by atoms with E-state index in [-0.39, 0.29) is 209 Å². The third kappa shape index (κ3) is 93.1. The molecule has 1 rings (SSSR count). The van der Waals surface area contributed by atoms with Crippen LogP contribution in [0.25, 0.3) is 0 Å². The van der Waals surface area contributed by atoms with E-state index in [2.05, 4.69) is 57.5 Å². The van der Waals surface area contributed by atoms with Crippen molar-refractivity contribution in [2.45, 2.75) is 388 Å². The minimum absolute atomic E-state index is 0.0217. The smallest absolute Gasteiger partial charge is 0.307 e. The zero-order chi connectivity index (χ0) is 100. The Morgan fingerprint density at radius 2 is 0.333 bits per heavy atom. The van der Waals surface area contributed by atoms with Crippen LogP contribution in [0, 0.1) is 0 Å². The molecule has 0 aliphatic heterocycles. The van der Waals surface area contributed by atoms with Crippen molar-refractivity contribution in [1.29, 1.82) is 0 Å². The predicted octanol–water partition coefficient (Wildman–Crippen LogP) is 28.5. The number of nitrogens with one attached hydrogen (secondary N) is 3. The molecule has 0 bridgehead atoms. The average molecular weight is 2160 g/mol. The van der Waals surface area contributed by atoms with Crippen LogP contribution in [-0.2, 0) is 57.2 Å². The molecule has 0 atom stereocenters. The standard InChI is InChI=1S/C105H192N6O15S12/c1-7-13-19-25-31-37-43-49-79-127-133-85-73-121-97(112)55-64-109(65-56-98(113)122-74-86-134-128-80-50-44-38-32-26-20-14-8-2)70-61-106-103(118)94-91-95(104(119)107-62-71-110(66-57-99(114)123-75-87-135-129-81-51-45-39-33-27-21-15-9-3)67-58-100(115)124-76-88-136-130-82-52-46-40-34-28-22-16-10-4)93-96(92-94)105(120)108-63-72-111(68-59-101(116)125-77-89-137-131-83-53-47-41-35-29-23-17-11-5)69-60-102(117)126-78-90-138-132-84-54-48-42-36-30-24-18-12-6/h91-93H,7-90H2,1-6H3,(H,106,118)(H,107,119)(H,108,120). The number of hydrogen-bond acceptors (Lipinski definition) is 30. The predicted molar refractivity (Wildman–Crippen MR) is 611 cm³/mol. The van der Waals surface area contributed by atoms with Gasteiger partial charge in [-0.1, -0.05) is 441 Å². The molecule has 3 N–H and O–H groups in total. The monoisotopic (exact) mass is 2160 g/mol. The van der Waals surface area contributed by atoms with E-state index >= 15 is 0 Å². The van der Waals surface area contributed by atoms with Crippen molar-refractivity contribution >= 4 is 183 Å². The SMILES string of the molecule is CCCCCCCCCCSSCCOC(=O)CCN(CCNC(=O)c1cc(C(=O)NCCN(CCC(=O)OCCSSCCCCCCCCCC)CCC(=O)OCCSSCCCCCCCCCC)cc(C(=O)NCCN(CCC(=O)OCCSSCCCCCCCCCC)CCC(=O)OCCSSCCCCCCCCCC)c1)CCC(=O)OCCSSCCCCCCCCCC. The highest BCUT2D eigenvalue weighted by Gasteiger charge is 2.22. The molecule has 3 amide bonds. The number of carbonyl (C=O) groups excluding carboxylic acids is 9. The summed E-state index contributed by atoms with van der Waals surface area (Å²) in [5.74, 6) is 6.42. The Bertz CT molecular complexity index is 2580. The first-order valence-electron chi connectivity index (χ1n) is 54.3. The Kier molecular flexibility index (Phi) is 104. The van der Waals surface area contributed by atoms with Crippen LogP contribution in [0.4, 0.5) is 0 Å². The van der Waals surface area contributed by atoms with E-state index in [0.29, 0.717) is 34.5 Å². The fourth-order valence-corrected chi connectivity index (χ4v) is 26.7. The van der Waals surface area contributed by atoms with Crippen molar-refractivity contribution in [2.24, 2.45) is 0 Å². The zero-order valence-electron chi connectivity index (χ0n) is 87.0. The van der Waals surface area contributed by atoms with E-state index in [1.54, 1.807) is 64.8 Å². The van der Waals surface area contributed by atoms with Crippen molar-refractivity contribution in [3.63, 3.8) is 0 Å². The molecule has 0 aliphatic rings. The number of benzene rings is 1. The largest absolute Gasteiger partial charge is 0.465 e. The molecule has 1 aromatic rings. The van der Waals surface area contributed by atoms with Crippen molar-refractivity contribution in [3.05, 3.63) is 34.9 Å². The Morgan fingerprint density at radius 1 is 0.196 bits per heavy atom. The molecule has 0 spiro atoms. The molecular weight excluding hydrogens is 1970 g/mol. The summed E-state index contributed by atoms with van der Waals surface area (Å²) in [6, 6.07) is 4.29. The lowest BCUT2D eigenvalue weighted by molar-refractivity contribution is -0.145. The zero-order valence-corrected chi connectivity index (χ0v) is 96.8. The van der Waals surface area contributed by atoms with Gasteiger partial charge in [0, 0.05) is 164 Å². The van der Waals surface area contributed by atoms with Crippen LogP contribution in [0.1, 0.15) is 419 Å². The quantitative estimate of drug-likeness (QED) is 0.0237. The van der Waals surface area contributed by atoms with Crippen molar-refractivity contribution in [3.8, 4) is 0 Å². The molecule has 0 heterocycles. The molecule has 1 aromatic carbocycles. The number of ether oxygens (including phenoxy) is 6. The third-order valence-corrected chi connectivity index (χ3v) is 38.0. The van der Waals surface area contributed by atoms with Gasteiger partial charge in [0.2, 0.25) is 0 Å². The lowest BCUT2D eigenvalue weighted by Crippen LogP contribution is -2.39. The van der Waals surface area contributed by atoms with Gasteiger partial charge >= 0.3 is 35.8 Å². The number of carbonyl (C=O) groups is 9. The van der Waals surface area contributed by atoms with Gasteiger partial charge in [-0.05, 0) is 56.7 Å². The molecule has 138 heavy (non-hydrogen) atoms. The number of esters is 6. The second kappa shape index (κ2) is 107. The minimum Gasteiger partial charge on any atom is -0.465 e. The fraction of sp³-hybridized carbons (Fsp3) is 0.857. The first kappa shape index (κ1) is 135. The Labute approximate surface area is 888 Å². The first-order chi connectivity index (χ1) is 67.7. The summed E-state index contributed by atoms with van der Waals surface area (Å²) in [6.45, 7) is 17.5. The normalized spacial score (nSPS) is 11.5. The Balaban J connectivity index is 3.57. The lowest BCUT2D eigenvalue weighted by atomic mass is 10.0. The summed E-state index contributed by atoms with van der Waals surface area (Å²) in [4.78, 5) is 130. The van der Waals surface area contributed by atoms with Gasteiger partial charge in [-0.2, -0.15) is 0 Å². The van der Waals surface area contributed by atoms with Crippen molar-refractivity contribution in [2.75, 3.05) is 187 Å². The number of amides is 3. The highest BCUT2D eigenvalue weighted by atomic mass is 33.1. The Hall–Kier alpha value is -1.47. The summed E-state index contributed by atoms with van der Waals surface area (Å²) in [5.41, 5.74) is 0.0651. The van der Waals surface area contributed by atoms with Gasteiger partial charge in [0.15, 0.2) is 0 Å². The minimum atomic E-state index is -0.581. The van der Waals surface area contributed by atoms with Crippen LogP contribution >= 0.6 is 130 Å². The highest BCUT2D eigenvalue weighted by Crippen LogP contribution is 2.29. The summed E-state index contributed by atoms with van der Waals surface area (Å²) in [6.07, 6.45) is 61.2. The molecule has 0 aliphatic carbocycles. The maximum absolute atomic E-state index is 14.7. The van der Waals surface area contributed by atoms with Crippen LogP contribution in [0.15, 0.2) is 18.2 Å². The molecule has 0 fully saturated rings. The van der Waals surface area contributed by atoms with E-state index in [1.807, 2.05) is 79.5 Å². The molecule has 33 heteroatoms. The third-order valence-electron chi connectivity index (χ3n) is 23.2. The highest BCUT2D eigenvalue weighted by molar-refractivity contribution is 8.78. The van der Waals surface area contributed by atoms with Crippen molar-refractivity contribution < 1.29 is 71.6 Å². The lowest BCUT2D eigenvalue weighted by Gasteiger charge is -2.22. The first-order valence-corrected chi connectivity index (χ1v) is 69.2. The Morgan fingerprint density at radius 3 is 0.486 bits per heavy atom. The van der Waals surface area contributed by atoms with Crippen LogP contribution in [0.5, 0.6) is 0 Å². The van der Waals surface area contributed by atoms with E-state index in [0.717, 1.165) is 34.5 Å². The number of unbranched alkanes of at least 4 members (excludes halogenated alkanes) is 42. The van der Waals surface area contributed by atoms with Gasteiger partial charge in [-0.3, -0.25) is 43.2 Å². The molecule has 0 unspecified atom stereocenters. The van der Waals surface area contributed by atoms with Gasteiger partial charge in [0.05, 0.1) is 38.5 Å².